The lowest BCUT2D eigenvalue weighted by Gasteiger charge is -2.06. The van der Waals surface area contributed by atoms with Crippen LogP contribution >= 0.6 is 0 Å². The molecule has 0 spiro atoms. The van der Waals surface area contributed by atoms with Crippen LogP contribution in [-0.4, -0.2) is 22.4 Å². The van der Waals surface area contributed by atoms with Crippen molar-refractivity contribution in [1.82, 2.24) is 15.3 Å². The van der Waals surface area contributed by atoms with Crippen LogP contribution in [-0.2, 0) is 6.42 Å². The molecule has 6 nitrogen and oxygen atoms in total. The first-order valence-electron chi connectivity index (χ1n) is 6.00. The Balaban J connectivity index is 1.89. The molecule has 0 radical (unpaired) electrons. The fourth-order valence-corrected chi connectivity index (χ4v) is 1.65. The third-order valence-electron chi connectivity index (χ3n) is 2.60. The van der Waals surface area contributed by atoms with Gasteiger partial charge in [-0.2, -0.15) is 0 Å². The van der Waals surface area contributed by atoms with Crippen molar-refractivity contribution in [3.05, 3.63) is 53.7 Å². The molecule has 2 aromatic rings. The summed E-state index contributed by atoms with van der Waals surface area (Å²) in [7, 11) is 0. The Bertz CT molecular complexity index is 605. The predicted molar refractivity (Wildman–Crippen MR) is 72.3 cm³/mol. The van der Waals surface area contributed by atoms with Gasteiger partial charge in [0.05, 0.1) is 12.4 Å². The van der Waals surface area contributed by atoms with Gasteiger partial charge in [0.25, 0.3) is 5.91 Å². The molecule has 0 unspecified atom stereocenters. The molecule has 104 valence electrons. The van der Waals surface area contributed by atoms with E-state index in [0.29, 0.717) is 18.8 Å². The minimum Gasteiger partial charge on any atom is -0.350 e. The Hall–Kier alpha value is -2.54. The van der Waals surface area contributed by atoms with E-state index in [4.69, 9.17) is 5.84 Å². The number of hydrogen-bond donors (Lipinski definition) is 3. The summed E-state index contributed by atoms with van der Waals surface area (Å²) >= 11 is 0. The quantitative estimate of drug-likeness (QED) is 0.556. The number of aromatic nitrogens is 2. The maximum atomic E-state index is 13.0. The van der Waals surface area contributed by atoms with Crippen molar-refractivity contribution in [3.8, 4) is 0 Å². The molecule has 0 fully saturated rings. The molecular formula is C13H14FN5O. The Morgan fingerprint density at radius 1 is 1.35 bits per heavy atom. The lowest BCUT2D eigenvalue weighted by Crippen LogP contribution is -2.27. The van der Waals surface area contributed by atoms with Gasteiger partial charge >= 0.3 is 0 Å². The van der Waals surface area contributed by atoms with Gasteiger partial charge in [-0.3, -0.25) is 9.78 Å². The molecule has 0 saturated carbocycles. The van der Waals surface area contributed by atoms with Crippen molar-refractivity contribution >= 4 is 11.7 Å². The smallest absolute Gasteiger partial charge is 0.271 e. The molecule has 1 aromatic carbocycles. The third-order valence-corrected chi connectivity index (χ3v) is 2.60. The van der Waals surface area contributed by atoms with Gasteiger partial charge in [-0.25, -0.2) is 15.2 Å². The zero-order valence-corrected chi connectivity index (χ0v) is 10.6. The molecule has 0 atom stereocenters. The number of nitrogen functional groups attached to an aromatic ring is 1. The molecule has 0 aliphatic rings. The standard InChI is InChI=1S/C13H14FN5O/c14-10-3-1-2-9(6-10)4-5-17-13(20)11-7-16-8-12(18-11)19-15/h1-3,6-8H,4-5,15H2,(H,17,20)(H,18,19). The van der Waals surface area contributed by atoms with Crippen molar-refractivity contribution in [1.29, 1.82) is 0 Å². The van der Waals surface area contributed by atoms with Crippen LogP contribution in [0.1, 0.15) is 16.1 Å². The topological polar surface area (TPSA) is 92.9 Å². The highest BCUT2D eigenvalue weighted by Crippen LogP contribution is 2.04. The summed E-state index contributed by atoms with van der Waals surface area (Å²) in [4.78, 5) is 19.6. The second-order valence-electron chi connectivity index (χ2n) is 4.07. The van der Waals surface area contributed by atoms with Crippen LogP contribution in [0.25, 0.3) is 0 Å². The van der Waals surface area contributed by atoms with Crippen LogP contribution < -0.4 is 16.6 Å². The average molecular weight is 275 g/mol. The number of halogens is 1. The molecule has 0 aliphatic heterocycles. The summed E-state index contributed by atoms with van der Waals surface area (Å²) in [6, 6.07) is 6.25. The highest BCUT2D eigenvalue weighted by Gasteiger charge is 2.08. The van der Waals surface area contributed by atoms with Gasteiger partial charge in [0.1, 0.15) is 11.5 Å². The molecule has 0 saturated heterocycles. The monoisotopic (exact) mass is 275 g/mol. The highest BCUT2D eigenvalue weighted by molar-refractivity contribution is 5.92. The van der Waals surface area contributed by atoms with Gasteiger partial charge in [-0.1, -0.05) is 12.1 Å². The summed E-state index contributed by atoms with van der Waals surface area (Å²) in [5.41, 5.74) is 3.30. The summed E-state index contributed by atoms with van der Waals surface area (Å²) in [5, 5.41) is 2.69. The largest absolute Gasteiger partial charge is 0.350 e. The second kappa shape index (κ2) is 6.58. The van der Waals surface area contributed by atoms with Crippen molar-refractivity contribution in [2.45, 2.75) is 6.42 Å². The van der Waals surface area contributed by atoms with Gasteiger partial charge in [0.2, 0.25) is 0 Å². The van der Waals surface area contributed by atoms with Gasteiger partial charge < -0.3 is 10.7 Å². The van der Waals surface area contributed by atoms with Crippen LogP contribution in [0.15, 0.2) is 36.7 Å². The molecule has 4 N–H and O–H groups in total. The maximum Gasteiger partial charge on any atom is 0.271 e. The fraction of sp³-hybridized carbons (Fsp3) is 0.154. The number of nitrogens with two attached hydrogens (primary N) is 1. The first-order chi connectivity index (χ1) is 9.69. The van der Waals surface area contributed by atoms with E-state index in [9.17, 15) is 9.18 Å². The van der Waals surface area contributed by atoms with Crippen molar-refractivity contribution in [2.75, 3.05) is 12.0 Å². The molecule has 0 aliphatic carbocycles. The average Bonchev–Trinajstić information content (AvgIpc) is 2.47. The number of rotatable bonds is 5. The SMILES string of the molecule is NNc1cncc(C(=O)NCCc2cccc(F)c2)n1. The number of carbonyl (C=O) groups is 1. The predicted octanol–water partition coefficient (Wildman–Crippen LogP) is 0.874. The first kappa shape index (κ1) is 13.9. The number of anilines is 1. The van der Waals surface area contributed by atoms with Crippen LogP contribution in [0.4, 0.5) is 10.2 Å². The van der Waals surface area contributed by atoms with E-state index in [2.05, 4.69) is 20.7 Å². The lowest BCUT2D eigenvalue weighted by atomic mass is 10.1. The molecular weight excluding hydrogens is 261 g/mol. The van der Waals surface area contributed by atoms with E-state index < -0.39 is 0 Å². The Morgan fingerprint density at radius 3 is 2.95 bits per heavy atom. The minimum atomic E-state index is -0.356. The first-order valence-corrected chi connectivity index (χ1v) is 6.00. The van der Waals surface area contributed by atoms with Crippen molar-refractivity contribution in [2.24, 2.45) is 5.84 Å². The molecule has 7 heteroatoms. The molecule has 1 amide bonds. The third kappa shape index (κ3) is 3.72. The number of carbonyl (C=O) groups excluding carboxylic acids is 1. The Kier molecular flexibility index (Phi) is 4.56. The number of nitrogens with zero attached hydrogens (tertiary/aromatic N) is 2. The molecule has 2 rings (SSSR count). The van der Waals surface area contributed by atoms with E-state index in [1.54, 1.807) is 12.1 Å². The van der Waals surface area contributed by atoms with Crippen molar-refractivity contribution < 1.29 is 9.18 Å². The van der Waals surface area contributed by atoms with E-state index in [1.807, 2.05) is 0 Å². The second-order valence-corrected chi connectivity index (χ2v) is 4.07. The summed E-state index contributed by atoms with van der Waals surface area (Å²) in [5.74, 6) is 4.85. The number of nitrogens with one attached hydrogen (secondary N) is 2. The zero-order chi connectivity index (χ0) is 14.4. The number of amides is 1. The Labute approximate surface area is 115 Å². The minimum absolute atomic E-state index is 0.166. The van der Waals surface area contributed by atoms with Gasteiger partial charge in [0, 0.05) is 6.54 Å². The van der Waals surface area contributed by atoms with E-state index in [0.717, 1.165) is 5.56 Å². The van der Waals surface area contributed by atoms with E-state index in [1.165, 1.54) is 24.5 Å². The van der Waals surface area contributed by atoms with E-state index >= 15 is 0 Å². The number of hydrazine groups is 1. The summed E-state index contributed by atoms with van der Waals surface area (Å²) in [6.45, 7) is 0.379. The maximum absolute atomic E-state index is 13.0. The Morgan fingerprint density at radius 2 is 2.20 bits per heavy atom. The number of benzene rings is 1. The van der Waals surface area contributed by atoms with Crippen molar-refractivity contribution in [3.63, 3.8) is 0 Å². The van der Waals surface area contributed by atoms with Crippen LogP contribution in [0, 0.1) is 5.82 Å². The van der Waals surface area contributed by atoms with E-state index in [-0.39, 0.29) is 17.4 Å². The number of hydrogen-bond acceptors (Lipinski definition) is 5. The fourth-order valence-electron chi connectivity index (χ4n) is 1.65. The van der Waals surface area contributed by atoms with Crippen LogP contribution in [0.2, 0.25) is 0 Å². The zero-order valence-electron chi connectivity index (χ0n) is 10.6. The van der Waals surface area contributed by atoms with Gasteiger partial charge in [-0.05, 0) is 24.1 Å². The summed E-state index contributed by atoms with van der Waals surface area (Å²) in [6.07, 6.45) is 3.29. The molecule has 1 aromatic heterocycles. The highest BCUT2D eigenvalue weighted by atomic mass is 19.1. The lowest BCUT2D eigenvalue weighted by molar-refractivity contribution is 0.0949. The van der Waals surface area contributed by atoms with Crippen LogP contribution in [0.5, 0.6) is 0 Å². The van der Waals surface area contributed by atoms with Gasteiger partial charge in [-0.15, -0.1) is 0 Å². The molecule has 0 bridgehead atoms. The molecule has 1 heterocycles. The normalized spacial score (nSPS) is 10.1. The van der Waals surface area contributed by atoms with Crippen LogP contribution in [0.3, 0.4) is 0 Å². The summed E-state index contributed by atoms with van der Waals surface area (Å²) < 4.78 is 13.0. The molecule has 20 heavy (non-hydrogen) atoms. The van der Waals surface area contributed by atoms with Gasteiger partial charge in [0.15, 0.2) is 5.82 Å².